The summed E-state index contributed by atoms with van der Waals surface area (Å²) in [7, 11) is -2.09. The summed E-state index contributed by atoms with van der Waals surface area (Å²) in [5.41, 5.74) is 2.23. The van der Waals surface area contributed by atoms with E-state index in [1.807, 2.05) is 54.6 Å². The molecule has 9 nitrogen and oxygen atoms in total. The summed E-state index contributed by atoms with van der Waals surface area (Å²) in [6, 6.07) is 21.4. The van der Waals surface area contributed by atoms with Crippen molar-refractivity contribution in [1.82, 2.24) is 10.2 Å². The summed E-state index contributed by atoms with van der Waals surface area (Å²) in [6.07, 6.45) is 1.78. The Hall–Kier alpha value is -3.57. The van der Waals surface area contributed by atoms with Crippen LogP contribution in [-0.4, -0.2) is 64.2 Å². The van der Waals surface area contributed by atoms with E-state index in [1.54, 1.807) is 30.1 Å². The lowest BCUT2D eigenvalue weighted by Gasteiger charge is -2.31. The number of nitrogens with one attached hydrogen (secondary N) is 1. The molecule has 4 rings (SSSR count). The lowest BCUT2D eigenvalue weighted by Crippen LogP contribution is -2.49. The second-order valence-electron chi connectivity index (χ2n) is 9.73. The largest absolute Gasteiger partial charge is 0.486 e. The van der Waals surface area contributed by atoms with Crippen molar-refractivity contribution in [1.29, 1.82) is 0 Å². The Labute approximate surface area is 249 Å². The van der Waals surface area contributed by atoms with E-state index in [2.05, 4.69) is 21.2 Å². The number of sulfonamides is 1. The number of anilines is 1. The van der Waals surface area contributed by atoms with Crippen molar-refractivity contribution in [2.75, 3.05) is 37.4 Å². The SMILES string of the molecule is CNC(=O)C(Cc1ccccc1)N(Cc1ccc(Br)cc1)C(=O)CCCN(c1ccc2c(c1)OCCO2)S(C)(=O)=O. The predicted octanol–water partition coefficient (Wildman–Crippen LogP) is 4.15. The first-order valence-corrected chi connectivity index (χ1v) is 16.0. The number of fused-ring (bicyclic) bond motifs is 1. The zero-order valence-electron chi connectivity index (χ0n) is 23.1. The first kappa shape index (κ1) is 30.4. The maximum Gasteiger partial charge on any atom is 0.242 e. The van der Waals surface area contributed by atoms with Gasteiger partial charge in [0.25, 0.3) is 0 Å². The van der Waals surface area contributed by atoms with Crippen LogP contribution in [0, 0.1) is 0 Å². The Morgan fingerprint density at radius 1 is 0.951 bits per heavy atom. The first-order valence-electron chi connectivity index (χ1n) is 13.3. The van der Waals surface area contributed by atoms with Crippen molar-refractivity contribution in [3.63, 3.8) is 0 Å². The van der Waals surface area contributed by atoms with Gasteiger partial charge in [-0.3, -0.25) is 13.9 Å². The summed E-state index contributed by atoms with van der Waals surface area (Å²) in [6.45, 7) is 1.13. The van der Waals surface area contributed by atoms with Crippen LogP contribution in [0.2, 0.25) is 0 Å². The van der Waals surface area contributed by atoms with Crippen molar-refractivity contribution >= 4 is 43.5 Å². The third-order valence-corrected chi connectivity index (χ3v) is 8.47. The number of hydrogen-bond acceptors (Lipinski definition) is 6. The summed E-state index contributed by atoms with van der Waals surface area (Å²) in [5.74, 6) is 0.529. The van der Waals surface area contributed by atoms with E-state index < -0.39 is 16.1 Å². The van der Waals surface area contributed by atoms with Crippen molar-refractivity contribution in [2.45, 2.75) is 31.8 Å². The van der Waals surface area contributed by atoms with Crippen LogP contribution in [0.25, 0.3) is 0 Å². The summed E-state index contributed by atoms with van der Waals surface area (Å²) in [4.78, 5) is 28.4. The van der Waals surface area contributed by atoms with Crippen molar-refractivity contribution in [3.8, 4) is 11.5 Å². The molecule has 0 saturated heterocycles. The van der Waals surface area contributed by atoms with Crippen molar-refractivity contribution in [3.05, 3.63) is 88.4 Å². The van der Waals surface area contributed by atoms with Crippen LogP contribution < -0.4 is 19.1 Å². The molecule has 11 heteroatoms. The van der Waals surface area contributed by atoms with Crippen LogP contribution in [0.3, 0.4) is 0 Å². The number of halogens is 1. The maximum absolute atomic E-state index is 13.8. The normalized spacial score (nSPS) is 13.2. The molecule has 3 aromatic carbocycles. The van der Waals surface area contributed by atoms with Gasteiger partial charge in [-0.2, -0.15) is 0 Å². The minimum Gasteiger partial charge on any atom is -0.486 e. The standard InChI is InChI=1S/C30H34BrN3O6S/c1-32-30(36)26(19-22-7-4-3-5-8-22)33(21-23-10-12-24(31)13-11-23)29(35)9-6-16-34(41(2,37)38)25-14-15-27-28(20-25)40-18-17-39-27/h3-5,7-8,10-15,20,26H,6,9,16-19,21H2,1-2H3,(H,32,36). The first-order chi connectivity index (χ1) is 19.7. The topological polar surface area (TPSA) is 105 Å². The fourth-order valence-electron chi connectivity index (χ4n) is 4.70. The molecule has 0 bridgehead atoms. The molecule has 0 radical (unpaired) electrons. The van der Waals surface area contributed by atoms with Crippen LogP contribution in [0.5, 0.6) is 11.5 Å². The number of ether oxygens (including phenoxy) is 2. The van der Waals surface area contributed by atoms with Gasteiger partial charge in [0.05, 0.1) is 11.9 Å². The Balaban J connectivity index is 1.54. The van der Waals surface area contributed by atoms with Gasteiger partial charge in [-0.05, 0) is 41.8 Å². The molecular formula is C30H34BrN3O6S. The number of likely N-dealkylation sites (N-methyl/N-ethyl adjacent to an activating group) is 1. The van der Waals surface area contributed by atoms with Crippen LogP contribution >= 0.6 is 15.9 Å². The molecule has 0 aliphatic carbocycles. The summed E-state index contributed by atoms with van der Waals surface area (Å²) < 4.78 is 38.8. The second kappa shape index (κ2) is 13.9. The fraction of sp³-hybridized carbons (Fsp3) is 0.333. The number of amides is 2. The van der Waals surface area contributed by atoms with E-state index in [1.165, 1.54) is 4.31 Å². The quantitative estimate of drug-likeness (QED) is 0.318. The monoisotopic (exact) mass is 643 g/mol. The minimum atomic E-state index is -3.65. The highest BCUT2D eigenvalue weighted by Gasteiger charge is 2.30. The van der Waals surface area contributed by atoms with E-state index in [-0.39, 0.29) is 37.7 Å². The molecule has 0 saturated carbocycles. The molecule has 1 N–H and O–H groups in total. The smallest absolute Gasteiger partial charge is 0.242 e. The molecule has 1 atom stereocenters. The molecule has 41 heavy (non-hydrogen) atoms. The number of benzene rings is 3. The van der Waals surface area contributed by atoms with Gasteiger partial charge < -0.3 is 19.7 Å². The van der Waals surface area contributed by atoms with Crippen LogP contribution in [0.4, 0.5) is 5.69 Å². The molecule has 0 aromatic heterocycles. The van der Waals surface area contributed by atoms with E-state index in [9.17, 15) is 18.0 Å². The molecule has 1 aliphatic rings. The number of rotatable bonds is 12. The summed E-state index contributed by atoms with van der Waals surface area (Å²) in [5, 5.41) is 2.71. The number of carbonyl (C=O) groups is 2. The lowest BCUT2D eigenvalue weighted by molar-refractivity contribution is -0.141. The molecule has 0 fully saturated rings. The highest BCUT2D eigenvalue weighted by atomic mass is 79.9. The van der Waals surface area contributed by atoms with Crippen LogP contribution in [0.1, 0.15) is 24.0 Å². The van der Waals surface area contributed by atoms with Gasteiger partial charge in [0.2, 0.25) is 21.8 Å². The molecule has 218 valence electrons. The molecular weight excluding hydrogens is 610 g/mol. The molecule has 3 aromatic rings. The molecule has 1 unspecified atom stereocenters. The Kier molecular flexibility index (Phi) is 10.3. The fourth-order valence-corrected chi connectivity index (χ4v) is 5.92. The zero-order chi connectivity index (χ0) is 29.4. The second-order valence-corrected chi connectivity index (χ2v) is 12.6. The van der Waals surface area contributed by atoms with E-state index in [4.69, 9.17) is 9.47 Å². The van der Waals surface area contributed by atoms with Gasteiger partial charge in [-0.25, -0.2) is 8.42 Å². The Morgan fingerprint density at radius 3 is 2.29 bits per heavy atom. The molecule has 0 spiro atoms. The average molecular weight is 645 g/mol. The number of carbonyl (C=O) groups excluding carboxylic acids is 2. The lowest BCUT2D eigenvalue weighted by atomic mass is 10.0. The van der Waals surface area contributed by atoms with Gasteiger partial charge in [0.1, 0.15) is 19.3 Å². The maximum atomic E-state index is 13.8. The van der Waals surface area contributed by atoms with Crippen molar-refractivity contribution in [2.24, 2.45) is 0 Å². The third kappa shape index (κ3) is 8.23. The van der Waals surface area contributed by atoms with Crippen molar-refractivity contribution < 1.29 is 27.5 Å². The molecule has 1 heterocycles. The van der Waals surface area contributed by atoms with Crippen LogP contribution in [-0.2, 0) is 32.6 Å². The van der Waals surface area contributed by atoms with E-state index in [0.29, 0.717) is 36.8 Å². The van der Waals surface area contributed by atoms with E-state index in [0.717, 1.165) is 21.9 Å². The van der Waals surface area contributed by atoms with Crippen LogP contribution in [0.15, 0.2) is 77.3 Å². The Bertz CT molecular complexity index is 1450. The van der Waals surface area contributed by atoms with Gasteiger partial charge >= 0.3 is 0 Å². The van der Waals surface area contributed by atoms with Gasteiger partial charge in [-0.15, -0.1) is 0 Å². The van der Waals surface area contributed by atoms with E-state index >= 15 is 0 Å². The highest BCUT2D eigenvalue weighted by Crippen LogP contribution is 2.34. The average Bonchev–Trinajstić information content (AvgIpc) is 2.97. The third-order valence-electron chi connectivity index (χ3n) is 6.75. The zero-order valence-corrected chi connectivity index (χ0v) is 25.5. The van der Waals surface area contributed by atoms with Gasteiger partial charge in [0, 0.05) is 43.5 Å². The summed E-state index contributed by atoms with van der Waals surface area (Å²) >= 11 is 3.44. The Morgan fingerprint density at radius 2 is 1.63 bits per heavy atom. The van der Waals surface area contributed by atoms with Gasteiger partial charge in [0.15, 0.2) is 11.5 Å². The molecule has 1 aliphatic heterocycles. The highest BCUT2D eigenvalue weighted by molar-refractivity contribution is 9.10. The number of hydrogen-bond donors (Lipinski definition) is 1. The minimum absolute atomic E-state index is 0.0510. The van der Waals surface area contributed by atoms with Gasteiger partial charge in [-0.1, -0.05) is 58.4 Å². The predicted molar refractivity (Wildman–Crippen MR) is 162 cm³/mol. The number of nitrogens with zero attached hydrogens (tertiary/aromatic N) is 2. The molecule has 2 amide bonds.